The number of esters is 1. The molecular weight excluding hydrogens is 443 g/mol. The van der Waals surface area contributed by atoms with E-state index in [0.717, 1.165) is 4.90 Å². The number of halogens is 2. The van der Waals surface area contributed by atoms with E-state index in [-0.39, 0.29) is 54.3 Å². The average Bonchev–Trinajstić information content (AvgIpc) is 3.27. The smallest absolute Gasteiger partial charge is 0.316 e. The Labute approximate surface area is 188 Å². The number of anilines is 2. The molecule has 0 saturated carbocycles. The third kappa shape index (κ3) is 4.03. The van der Waals surface area contributed by atoms with Crippen LogP contribution in [-0.2, 0) is 19.2 Å². The Balaban J connectivity index is 1.47. The zero-order valence-electron chi connectivity index (χ0n) is 16.6. The van der Waals surface area contributed by atoms with E-state index in [2.05, 4.69) is 0 Å². The maximum atomic E-state index is 12.7. The first-order chi connectivity index (χ1) is 14.8. The summed E-state index contributed by atoms with van der Waals surface area (Å²) in [5.74, 6) is -1.68. The van der Waals surface area contributed by atoms with Crippen molar-refractivity contribution in [3.63, 3.8) is 0 Å². The molecule has 2 aliphatic rings. The summed E-state index contributed by atoms with van der Waals surface area (Å²) in [6, 6.07) is 9.67. The molecule has 2 heterocycles. The van der Waals surface area contributed by atoms with Gasteiger partial charge in [-0.3, -0.25) is 24.1 Å². The highest BCUT2D eigenvalue weighted by molar-refractivity contribution is 6.44. The highest BCUT2D eigenvalue weighted by atomic mass is 35.5. The summed E-state index contributed by atoms with van der Waals surface area (Å²) >= 11 is 12.2. The maximum Gasteiger partial charge on any atom is 0.316 e. The summed E-state index contributed by atoms with van der Waals surface area (Å²) in [5, 5.41) is 0.576. The number of aryl methyl sites for hydroxylation is 1. The molecule has 0 spiro atoms. The van der Waals surface area contributed by atoms with Crippen LogP contribution in [0.5, 0.6) is 5.75 Å². The van der Waals surface area contributed by atoms with E-state index in [0.29, 0.717) is 22.0 Å². The summed E-state index contributed by atoms with van der Waals surface area (Å²) in [6.45, 7) is 1.86. The van der Waals surface area contributed by atoms with Crippen molar-refractivity contribution in [1.29, 1.82) is 0 Å². The van der Waals surface area contributed by atoms with Gasteiger partial charge < -0.3 is 9.64 Å². The summed E-state index contributed by atoms with van der Waals surface area (Å²) in [7, 11) is 0. The second-order valence-corrected chi connectivity index (χ2v) is 8.26. The van der Waals surface area contributed by atoms with E-state index < -0.39 is 11.9 Å². The summed E-state index contributed by atoms with van der Waals surface area (Å²) in [6.07, 6.45) is 0.380. The van der Waals surface area contributed by atoms with Gasteiger partial charge in [-0.1, -0.05) is 29.3 Å². The second kappa shape index (κ2) is 8.32. The molecule has 1 atom stereocenters. The van der Waals surface area contributed by atoms with Crippen molar-refractivity contribution < 1.29 is 23.9 Å². The molecule has 7 nitrogen and oxygen atoms in total. The minimum atomic E-state index is -0.663. The summed E-state index contributed by atoms with van der Waals surface area (Å²) < 4.78 is 5.47. The van der Waals surface area contributed by atoms with Crippen LogP contribution in [0.3, 0.4) is 0 Å². The molecule has 0 aromatic heterocycles. The number of benzene rings is 2. The van der Waals surface area contributed by atoms with E-state index in [1.54, 1.807) is 37.3 Å². The van der Waals surface area contributed by atoms with Gasteiger partial charge in [0.1, 0.15) is 5.75 Å². The monoisotopic (exact) mass is 460 g/mol. The second-order valence-electron chi connectivity index (χ2n) is 7.47. The van der Waals surface area contributed by atoms with Crippen molar-refractivity contribution in [2.24, 2.45) is 5.92 Å². The largest absolute Gasteiger partial charge is 0.426 e. The van der Waals surface area contributed by atoms with Crippen molar-refractivity contribution in [1.82, 2.24) is 0 Å². The molecule has 3 amide bonds. The SMILES string of the molecule is Cc1cc(OC(=O)[C@@H]2CC(=O)N(c3cccc(Cl)c3Cl)C2)ccc1N1C(=O)CCC1=O. The van der Waals surface area contributed by atoms with Gasteiger partial charge in [-0.05, 0) is 42.8 Å². The fourth-order valence-corrected chi connectivity index (χ4v) is 4.18. The zero-order chi connectivity index (χ0) is 22.3. The number of rotatable bonds is 4. The predicted octanol–water partition coefficient (Wildman–Crippen LogP) is 3.91. The molecule has 2 saturated heterocycles. The highest BCUT2D eigenvalue weighted by Crippen LogP contribution is 2.36. The lowest BCUT2D eigenvalue weighted by Gasteiger charge is -2.19. The quantitative estimate of drug-likeness (QED) is 0.392. The Bertz CT molecular complexity index is 1100. The van der Waals surface area contributed by atoms with Crippen molar-refractivity contribution in [3.8, 4) is 5.75 Å². The number of imide groups is 1. The highest BCUT2D eigenvalue weighted by Gasteiger charge is 2.37. The molecule has 0 bridgehead atoms. The Hall–Kier alpha value is -2.90. The number of ether oxygens (including phenoxy) is 1. The molecule has 2 aromatic rings. The van der Waals surface area contributed by atoms with Crippen LogP contribution in [-0.4, -0.2) is 30.2 Å². The van der Waals surface area contributed by atoms with Crippen LogP contribution in [0, 0.1) is 12.8 Å². The lowest BCUT2D eigenvalue weighted by molar-refractivity contribution is -0.139. The lowest BCUT2D eigenvalue weighted by atomic mass is 10.1. The molecular formula is C22H18Cl2N2O5. The van der Waals surface area contributed by atoms with Gasteiger partial charge in [-0.15, -0.1) is 0 Å². The predicted molar refractivity (Wildman–Crippen MR) is 115 cm³/mol. The lowest BCUT2D eigenvalue weighted by Crippen LogP contribution is -2.29. The fourth-order valence-electron chi connectivity index (χ4n) is 3.79. The Morgan fingerprint density at radius 1 is 1.00 bits per heavy atom. The van der Waals surface area contributed by atoms with Crippen molar-refractivity contribution in [3.05, 3.63) is 52.0 Å². The molecule has 0 N–H and O–H groups in total. The minimum absolute atomic E-state index is 0.00444. The first-order valence-electron chi connectivity index (χ1n) is 9.68. The first-order valence-corrected chi connectivity index (χ1v) is 10.4. The summed E-state index contributed by atoms with van der Waals surface area (Å²) in [4.78, 5) is 51.6. The van der Waals surface area contributed by atoms with Gasteiger partial charge in [-0.25, -0.2) is 0 Å². The molecule has 0 aliphatic carbocycles. The van der Waals surface area contributed by atoms with E-state index in [9.17, 15) is 19.2 Å². The van der Waals surface area contributed by atoms with Crippen LogP contribution in [0.1, 0.15) is 24.8 Å². The molecule has 9 heteroatoms. The Kier molecular flexibility index (Phi) is 5.73. The maximum absolute atomic E-state index is 12.7. The standard InChI is InChI=1S/C22H18Cl2N2O5/c1-12-9-14(5-6-16(12)26-18(27)7-8-19(26)28)31-22(30)13-10-20(29)25(11-13)17-4-2-3-15(23)21(17)24/h2-6,9,13H,7-8,10-11H2,1H3/t13-/m1/s1. The molecule has 0 unspecified atom stereocenters. The van der Waals surface area contributed by atoms with Crippen molar-refractivity contribution in [2.45, 2.75) is 26.2 Å². The van der Waals surface area contributed by atoms with Crippen molar-refractivity contribution >= 4 is 58.3 Å². The van der Waals surface area contributed by atoms with Crippen LogP contribution in [0.4, 0.5) is 11.4 Å². The molecule has 4 rings (SSSR count). The number of hydrogen-bond donors (Lipinski definition) is 0. The van der Waals surface area contributed by atoms with E-state index >= 15 is 0 Å². The van der Waals surface area contributed by atoms with Crippen molar-refractivity contribution in [2.75, 3.05) is 16.3 Å². The Morgan fingerprint density at radius 2 is 1.71 bits per heavy atom. The molecule has 2 fully saturated rings. The van der Waals surface area contributed by atoms with Gasteiger partial charge in [0.15, 0.2) is 0 Å². The van der Waals surface area contributed by atoms with Crippen LogP contribution in [0.15, 0.2) is 36.4 Å². The number of nitrogens with zero attached hydrogens (tertiary/aromatic N) is 2. The van der Waals surface area contributed by atoms with E-state index in [1.165, 1.54) is 11.0 Å². The van der Waals surface area contributed by atoms with Crippen LogP contribution >= 0.6 is 23.2 Å². The van der Waals surface area contributed by atoms with E-state index in [4.69, 9.17) is 27.9 Å². The van der Waals surface area contributed by atoms with Gasteiger partial charge in [0.25, 0.3) is 0 Å². The van der Waals surface area contributed by atoms with Crippen LogP contribution in [0.2, 0.25) is 10.0 Å². The van der Waals surface area contributed by atoms with Gasteiger partial charge in [0.2, 0.25) is 17.7 Å². The third-order valence-corrected chi connectivity index (χ3v) is 6.17. The van der Waals surface area contributed by atoms with Gasteiger partial charge in [0, 0.05) is 25.8 Å². The minimum Gasteiger partial charge on any atom is -0.426 e. The van der Waals surface area contributed by atoms with Gasteiger partial charge in [0.05, 0.1) is 27.3 Å². The van der Waals surface area contributed by atoms with Gasteiger partial charge in [-0.2, -0.15) is 0 Å². The zero-order valence-corrected chi connectivity index (χ0v) is 18.1. The number of hydrogen-bond acceptors (Lipinski definition) is 5. The summed E-state index contributed by atoms with van der Waals surface area (Å²) in [5.41, 5.74) is 1.56. The first kappa shape index (κ1) is 21.3. The molecule has 2 aromatic carbocycles. The fraction of sp³-hybridized carbons (Fsp3) is 0.273. The molecule has 31 heavy (non-hydrogen) atoms. The topological polar surface area (TPSA) is 84.0 Å². The third-order valence-electron chi connectivity index (χ3n) is 5.36. The number of carbonyl (C=O) groups is 4. The Morgan fingerprint density at radius 3 is 2.39 bits per heavy atom. The molecule has 160 valence electrons. The normalized spacial score (nSPS) is 18.8. The number of carbonyl (C=O) groups excluding carboxylic acids is 4. The molecule has 2 aliphatic heterocycles. The number of amides is 3. The van der Waals surface area contributed by atoms with E-state index in [1.807, 2.05) is 0 Å². The van der Waals surface area contributed by atoms with Gasteiger partial charge >= 0.3 is 5.97 Å². The van der Waals surface area contributed by atoms with Crippen LogP contribution < -0.4 is 14.5 Å². The molecule has 0 radical (unpaired) electrons. The van der Waals surface area contributed by atoms with Crippen LogP contribution in [0.25, 0.3) is 0 Å². The average molecular weight is 461 g/mol.